The van der Waals surface area contributed by atoms with Crippen molar-refractivity contribution in [3.05, 3.63) is 160 Å². The van der Waals surface area contributed by atoms with Crippen LogP contribution in [0.2, 0.25) is 0 Å². The van der Waals surface area contributed by atoms with Crippen LogP contribution in [0.15, 0.2) is 133 Å². The van der Waals surface area contributed by atoms with Gasteiger partial charge in [0.2, 0.25) is 70.9 Å². The summed E-state index contributed by atoms with van der Waals surface area (Å²) in [6.45, 7) is 10.6. The molecule has 712 valence electrons. The number of halogens is 1. The summed E-state index contributed by atoms with van der Waals surface area (Å²) < 4.78 is 6.29. The number of rotatable bonds is 48. The molecule has 0 aliphatic carbocycles. The summed E-state index contributed by atoms with van der Waals surface area (Å²) >= 11 is 10.6. The lowest BCUT2D eigenvalue weighted by Crippen LogP contribution is -2.62. The molecule has 43 heteroatoms. The topological polar surface area (TPSA) is 625 Å². The average Bonchev–Trinajstić information content (AvgIpc) is 1.71. The number of amides is 14. The molecule has 23 N–H and O–H groups in total. The van der Waals surface area contributed by atoms with Crippen molar-refractivity contribution >= 4 is 164 Å². The number of hydrogen-bond acceptors (Lipinski definition) is 23. The molecular formula is C90H113IN19O21S2+. The molecular weight excluding hydrogens is 1870 g/mol. The van der Waals surface area contributed by atoms with Gasteiger partial charge in [-0.3, -0.25) is 62.3 Å². The molecule has 1 saturated heterocycles. The standard InChI is InChI=1S/C90H112IN19O21S2/c1-7-47(6)76(87(126)100-61(77(93)116)28-45(2)3)109-84(123)66(35-52-40-95-44-98-52)104-85(124)68(41-132)107-79(118)62(29-46(4)5)102-83(122)67(38-74(114)115)105-81(120)64(32-49-18-25-71(113)59(91)30-49)106-86(125)70-17-13-27-110(70)88(127)69(42-133)108-82(121)65(34-51-39-94-43-97-51)103-80(119)63(31-48-14-9-8-10-15-48)101-78(117)60(92)16-11-12-26-96-90(130)99-50-19-22-55(58(33-50)89(128)129)75-56-23-20-53(111)36-72(56)131-73-37-54(112)21-24-57(73)75/h8-10,14-15,18-25,30,33,36-37,39-40,43-47,60-70,76H,7,11-13,16-17,26-29,31-32,34-35,38,41-42,92H2,1-6H3,(H22-,93,94,95,96,97,98,99,100,101,102,103,104,105,106,107,108,109,111,112,113,114,115,116,117,118,119,120,121,122,123,124,125,126,128,129,130,132,133)/p+1/t47-,60+,61-,62-,63-,64-,65-,66-,67-,68-,69-,70-,76-/m0/s1. The van der Waals surface area contributed by atoms with E-state index in [0.717, 1.165) is 0 Å². The Morgan fingerprint density at radius 3 is 1.62 bits per heavy atom. The molecule has 1 aliphatic heterocycles. The van der Waals surface area contributed by atoms with Crippen molar-refractivity contribution in [2.24, 2.45) is 29.2 Å². The minimum atomic E-state index is -1.97. The summed E-state index contributed by atoms with van der Waals surface area (Å²) in [7, 11) is 0. The number of aromatic amines is 2. The van der Waals surface area contributed by atoms with Crippen LogP contribution in [-0.4, -0.2) is 236 Å². The number of H-pyrrole nitrogens is 2. The molecule has 13 atom stereocenters. The maximum atomic E-state index is 14.9. The van der Waals surface area contributed by atoms with Crippen molar-refractivity contribution in [3.8, 4) is 28.4 Å². The fourth-order valence-electron chi connectivity index (χ4n) is 15.1. The second-order valence-corrected chi connectivity index (χ2v) is 35.3. The maximum Gasteiger partial charge on any atom is 0.365 e. The second kappa shape index (κ2) is 49.4. The third kappa shape index (κ3) is 29.9. The zero-order chi connectivity index (χ0) is 97.0. The first-order chi connectivity index (χ1) is 63.3. The number of aromatic nitrogens is 4. The number of nitrogens with two attached hydrogens (primary N) is 2. The summed E-state index contributed by atoms with van der Waals surface area (Å²) in [6, 6.07) is 7.89. The zero-order valence-corrected chi connectivity index (χ0v) is 77.8. The molecule has 14 amide bonds. The molecule has 3 aromatic heterocycles. The van der Waals surface area contributed by atoms with E-state index in [0.29, 0.717) is 61.7 Å². The number of nitrogens with one attached hydrogen (secondary N) is 14. The van der Waals surface area contributed by atoms with Gasteiger partial charge in [0.1, 0.15) is 83.7 Å². The summed E-state index contributed by atoms with van der Waals surface area (Å²) in [4.78, 5) is 226. The van der Waals surface area contributed by atoms with Crippen LogP contribution in [0.25, 0.3) is 33.1 Å². The lowest BCUT2D eigenvalue weighted by atomic mass is 9.93. The second-order valence-electron chi connectivity index (χ2n) is 33.4. The van der Waals surface area contributed by atoms with E-state index in [1.165, 1.54) is 90.6 Å². The number of primary amides is 1. The van der Waals surface area contributed by atoms with Crippen molar-refractivity contribution < 1.29 is 102 Å². The molecule has 0 spiro atoms. The molecule has 5 aromatic carbocycles. The van der Waals surface area contributed by atoms with Crippen molar-refractivity contribution in [1.29, 1.82) is 0 Å². The number of phenols is 3. The fraction of sp³-hybridized carbons (Fsp3) is 0.422. The number of anilines is 1. The van der Waals surface area contributed by atoms with Crippen molar-refractivity contribution in [2.45, 2.75) is 198 Å². The summed E-state index contributed by atoms with van der Waals surface area (Å²) in [5.41, 5.74) is 14.8. The number of unbranched alkanes of at least 4 members (excludes halogenated alkanes) is 1. The number of hydrogen-bond donors (Lipinski definition) is 23. The van der Waals surface area contributed by atoms with E-state index in [9.17, 15) is 97.5 Å². The lowest BCUT2D eigenvalue weighted by molar-refractivity contribution is -0.142. The predicted molar refractivity (Wildman–Crippen MR) is 504 cm³/mol. The summed E-state index contributed by atoms with van der Waals surface area (Å²) in [5, 5.41) is 84.2. The quantitative estimate of drug-likeness (QED) is 0.00848. The van der Waals surface area contributed by atoms with E-state index in [1.54, 1.807) is 70.2 Å². The number of benzene rings is 5. The predicted octanol–water partition coefficient (Wildman–Crippen LogP) is 3.79. The molecule has 0 radical (unpaired) electrons. The van der Waals surface area contributed by atoms with Crippen LogP contribution < -0.4 is 75.3 Å². The fourth-order valence-corrected chi connectivity index (χ4v) is 16.2. The molecule has 0 unspecified atom stereocenters. The number of urea groups is 1. The Morgan fingerprint density at radius 1 is 0.556 bits per heavy atom. The van der Waals surface area contributed by atoms with Gasteiger partial charge < -0.3 is 116 Å². The van der Waals surface area contributed by atoms with Gasteiger partial charge in [-0.15, -0.1) is 0 Å². The van der Waals surface area contributed by atoms with Crippen LogP contribution >= 0.6 is 47.8 Å². The normalized spacial score (nSPS) is 15.2. The minimum Gasteiger partial charge on any atom is -0.508 e. The maximum absolute atomic E-state index is 14.9. The number of carbonyl (C=O) groups excluding carboxylic acids is 13. The summed E-state index contributed by atoms with van der Waals surface area (Å²) in [5.74, 6) is -15.7. The number of imidazole rings is 2. The van der Waals surface area contributed by atoms with E-state index in [4.69, 9.17) is 15.9 Å². The number of carboxylic acids is 2. The number of aromatic hydroxyl groups is 3. The van der Waals surface area contributed by atoms with Crippen LogP contribution in [-0.2, 0) is 88.0 Å². The van der Waals surface area contributed by atoms with Gasteiger partial charge in [-0.25, -0.2) is 24.0 Å². The lowest BCUT2D eigenvalue weighted by Gasteiger charge is -2.31. The molecule has 133 heavy (non-hydrogen) atoms. The molecule has 1 aliphatic rings. The number of aromatic carboxylic acids is 1. The monoisotopic (exact) mass is 1990 g/mol. The van der Waals surface area contributed by atoms with Gasteiger partial charge in [-0.2, -0.15) is 25.3 Å². The highest BCUT2D eigenvalue weighted by molar-refractivity contribution is 14.1. The van der Waals surface area contributed by atoms with Crippen LogP contribution in [0, 0.1) is 21.3 Å². The Kier molecular flexibility index (Phi) is 38.4. The van der Waals surface area contributed by atoms with Gasteiger partial charge in [0.25, 0.3) is 0 Å². The third-order valence-corrected chi connectivity index (χ3v) is 23.8. The molecule has 0 saturated carbocycles. The van der Waals surface area contributed by atoms with Crippen LogP contribution in [0.5, 0.6) is 17.2 Å². The van der Waals surface area contributed by atoms with E-state index >= 15 is 0 Å². The Balaban J connectivity index is 0.834. The molecule has 0 bridgehead atoms. The Morgan fingerprint density at radius 2 is 1.07 bits per heavy atom. The molecule has 9 rings (SSSR count). The van der Waals surface area contributed by atoms with Crippen LogP contribution in [0.1, 0.15) is 132 Å². The first-order valence-electron chi connectivity index (χ1n) is 43.2. The molecule has 1 fully saturated rings. The van der Waals surface area contributed by atoms with Gasteiger partial charge in [-0.1, -0.05) is 90.4 Å². The number of thiol groups is 2. The van der Waals surface area contributed by atoms with Crippen molar-refractivity contribution in [2.75, 3.05) is 29.9 Å². The molecule has 8 aromatic rings. The average molecular weight is 1990 g/mol. The van der Waals surface area contributed by atoms with E-state index in [2.05, 4.69) is 109 Å². The van der Waals surface area contributed by atoms with E-state index in [1.807, 2.05) is 36.4 Å². The highest BCUT2D eigenvalue weighted by Gasteiger charge is 2.42. The van der Waals surface area contributed by atoms with Gasteiger partial charge >= 0.3 is 29.1 Å². The number of likely N-dealkylation sites (tertiary alicyclic amines) is 1. The van der Waals surface area contributed by atoms with E-state index < -0.39 is 174 Å². The first kappa shape index (κ1) is 104. The highest BCUT2D eigenvalue weighted by Crippen LogP contribution is 2.41. The smallest absolute Gasteiger partial charge is 0.365 e. The van der Waals surface area contributed by atoms with Gasteiger partial charge in [-0.05, 0) is 151 Å². The van der Waals surface area contributed by atoms with Crippen molar-refractivity contribution in [1.82, 2.24) is 83.3 Å². The van der Waals surface area contributed by atoms with Gasteiger partial charge in [0, 0.05) is 85.3 Å². The van der Waals surface area contributed by atoms with Crippen LogP contribution in [0.3, 0.4) is 0 Å². The number of carboxylic acid groups (broad SMARTS) is 2. The zero-order valence-electron chi connectivity index (χ0n) is 73.8. The summed E-state index contributed by atoms with van der Waals surface area (Å²) in [6.07, 6.45) is 4.82. The van der Waals surface area contributed by atoms with Gasteiger partial charge in [0.15, 0.2) is 0 Å². The SMILES string of the molecule is CC[C@H](C)[C@H](NC(=O)[C@H](Cc1cnc[nH]1)NC(=O)[C@H](CS)NC(=O)[C@H](CC(C)C)NC(=O)[C@H](CC(=O)O)NC(=O)[C@H](Cc1ccc(O)c(I)c1)NC(=O)[C@@H]1CCCN1C(=O)[C@H](CS)NC(=O)[C@H](Cc1cnc[nH]1)NC(=O)[C@H](Cc1ccccc1)NC(=O)[C@H](N)CCCCNC(=O)Nc1ccc(-c2c3ccc(O)cc3[o+]c3cc(O)ccc23)c(C(=O)O)c1)C(=O)N[C@@H](CC(C)C)C(N)=O. The highest BCUT2D eigenvalue weighted by atomic mass is 127. The number of fused-ring (bicyclic) bond motifs is 2. The number of phenolic OH excluding ortho intramolecular Hbond substituents is 3. The largest absolute Gasteiger partial charge is 0.508 e. The Bertz CT molecular complexity index is 5450. The first-order valence-corrected chi connectivity index (χ1v) is 45.6. The van der Waals surface area contributed by atoms with Crippen LogP contribution in [0.4, 0.5) is 10.5 Å². The minimum absolute atomic E-state index is 0.00788. The third-order valence-electron chi connectivity index (χ3n) is 22.2. The van der Waals surface area contributed by atoms with Gasteiger partial charge in [0.05, 0.1) is 57.2 Å². The number of aliphatic carboxylic acids is 1. The number of carbonyl (C=O) groups is 15. The number of nitrogens with zero attached hydrogens (tertiary/aromatic N) is 3. The Labute approximate surface area is 789 Å². The Hall–Kier alpha value is -13.2. The molecule has 4 heterocycles. The molecule has 40 nitrogen and oxygen atoms in total. The van der Waals surface area contributed by atoms with Crippen molar-refractivity contribution in [3.63, 3.8) is 0 Å². The van der Waals surface area contributed by atoms with E-state index in [-0.39, 0.29) is 139 Å².